The van der Waals surface area contributed by atoms with Gasteiger partial charge in [0.05, 0.1) is 6.10 Å². The zero-order valence-corrected chi connectivity index (χ0v) is 29.1. The summed E-state index contributed by atoms with van der Waals surface area (Å²) >= 11 is 0. The number of phosphoric acid groups is 1. The number of phosphoric ester groups is 1. The standard InChI is InChI=1S/C30H46N7O12P/c1-15(2)24(35-28(43)21(33-17(4)39)14-18-7-9-19(10-8-18)49-50(46,47)48)30(45)37-13-5-6-22(37)29(44)34-20(11-12-23(31)40)27(42)36-25(16(3)38)26(32)41/h7-10,15-16,20-22,24-25,38H,5-6,11-14H2,1-4H3,(H2,31,40)(H2,32,41)(H,33,39)(H,34,44)(H,35,43)(H,36,42)(H2,46,47,48)/t16?,20-,21-,22-,24-,25-/m0/s1. The maximum atomic E-state index is 13.9. The van der Waals surface area contributed by atoms with Crippen molar-refractivity contribution in [1.82, 2.24) is 26.2 Å². The molecule has 0 aromatic heterocycles. The van der Waals surface area contributed by atoms with Crippen molar-refractivity contribution in [1.29, 1.82) is 0 Å². The Labute approximate surface area is 288 Å². The molecule has 1 aromatic rings. The van der Waals surface area contributed by atoms with Gasteiger partial charge in [0.25, 0.3) is 0 Å². The Balaban J connectivity index is 2.23. The third kappa shape index (κ3) is 13.0. The van der Waals surface area contributed by atoms with Gasteiger partial charge in [-0.15, -0.1) is 0 Å². The number of aliphatic hydroxyl groups excluding tert-OH is 1. The van der Waals surface area contributed by atoms with Crippen molar-refractivity contribution in [3.05, 3.63) is 29.8 Å². The number of likely N-dealkylation sites (tertiary alicyclic amines) is 1. The van der Waals surface area contributed by atoms with E-state index in [1.165, 1.54) is 43.0 Å². The van der Waals surface area contributed by atoms with Crippen LogP contribution in [0.1, 0.15) is 58.9 Å². The van der Waals surface area contributed by atoms with Gasteiger partial charge in [0.1, 0.15) is 36.0 Å². The SMILES string of the molecule is CC(=O)N[C@@H](Cc1ccc(OP(=O)(O)O)cc1)C(=O)N[C@H](C(=O)N1CCC[C@H]1C(=O)N[C@@H](CCC(N)=O)C(=O)N[C@H](C(N)=O)C(C)O)C(C)C. The van der Waals surface area contributed by atoms with Gasteiger partial charge >= 0.3 is 7.82 Å². The van der Waals surface area contributed by atoms with Crippen molar-refractivity contribution in [2.24, 2.45) is 17.4 Å². The smallest absolute Gasteiger partial charge is 0.404 e. The predicted molar refractivity (Wildman–Crippen MR) is 175 cm³/mol. The van der Waals surface area contributed by atoms with Gasteiger partial charge in [-0.1, -0.05) is 26.0 Å². The van der Waals surface area contributed by atoms with Crippen LogP contribution in [0, 0.1) is 5.92 Å². The van der Waals surface area contributed by atoms with Gasteiger partial charge in [0.2, 0.25) is 41.4 Å². The average Bonchev–Trinajstić information content (AvgIpc) is 3.49. The first kappa shape index (κ1) is 41.6. The van der Waals surface area contributed by atoms with E-state index in [4.69, 9.17) is 21.3 Å². The molecule has 50 heavy (non-hydrogen) atoms. The molecule has 278 valence electrons. The molecular weight excluding hydrogens is 681 g/mol. The molecule has 1 heterocycles. The molecule has 0 aliphatic carbocycles. The molecule has 2 rings (SSSR count). The van der Waals surface area contributed by atoms with Gasteiger partial charge < -0.3 is 47.3 Å². The summed E-state index contributed by atoms with van der Waals surface area (Å²) in [6.45, 7) is 5.90. The first-order chi connectivity index (χ1) is 23.2. The van der Waals surface area contributed by atoms with E-state index >= 15 is 0 Å². The quantitative estimate of drug-likeness (QED) is 0.0706. The molecule has 1 aliphatic heterocycles. The lowest BCUT2D eigenvalue weighted by atomic mass is 10.00. The van der Waals surface area contributed by atoms with Crippen LogP contribution >= 0.6 is 7.82 Å². The largest absolute Gasteiger partial charge is 0.524 e. The first-order valence-electron chi connectivity index (χ1n) is 15.8. The lowest BCUT2D eigenvalue weighted by Crippen LogP contribution is -2.60. The number of hydrogen-bond acceptors (Lipinski definition) is 10. The van der Waals surface area contributed by atoms with E-state index in [9.17, 15) is 43.2 Å². The minimum Gasteiger partial charge on any atom is -0.404 e. The molecule has 6 atom stereocenters. The van der Waals surface area contributed by atoms with Crippen LogP contribution in [0.25, 0.3) is 0 Å². The van der Waals surface area contributed by atoms with Crippen LogP contribution in [-0.2, 0) is 44.5 Å². The number of carbonyl (C=O) groups is 7. The highest BCUT2D eigenvalue weighted by Gasteiger charge is 2.40. The molecule has 0 spiro atoms. The molecule has 7 amide bonds. The predicted octanol–water partition coefficient (Wildman–Crippen LogP) is -2.56. The normalized spacial score (nSPS) is 17.4. The zero-order chi connectivity index (χ0) is 37.9. The fourth-order valence-electron chi connectivity index (χ4n) is 5.27. The van der Waals surface area contributed by atoms with E-state index in [1.54, 1.807) is 13.8 Å². The number of aliphatic hydroxyl groups is 1. The minimum absolute atomic E-state index is 0.0597. The Morgan fingerprint density at radius 1 is 0.920 bits per heavy atom. The molecular formula is C30H46N7O12P. The number of nitrogens with one attached hydrogen (secondary N) is 4. The number of nitrogens with two attached hydrogens (primary N) is 2. The molecule has 11 N–H and O–H groups in total. The molecule has 20 heteroatoms. The van der Waals surface area contributed by atoms with Crippen LogP contribution in [0.5, 0.6) is 5.75 Å². The van der Waals surface area contributed by atoms with E-state index in [2.05, 4.69) is 25.8 Å². The number of benzene rings is 1. The summed E-state index contributed by atoms with van der Waals surface area (Å²) in [4.78, 5) is 108. The summed E-state index contributed by atoms with van der Waals surface area (Å²) in [5.74, 6) is -5.93. The highest BCUT2D eigenvalue weighted by Crippen LogP contribution is 2.37. The fraction of sp³-hybridized carbons (Fsp3) is 0.567. The van der Waals surface area contributed by atoms with Crippen LogP contribution in [0.2, 0.25) is 0 Å². The van der Waals surface area contributed by atoms with Crippen LogP contribution in [0.4, 0.5) is 0 Å². The highest BCUT2D eigenvalue weighted by molar-refractivity contribution is 7.46. The topological polar surface area (TPSA) is 310 Å². The number of carbonyl (C=O) groups excluding carboxylic acids is 7. The summed E-state index contributed by atoms with van der Waals surface area (Å²) in [6.07, 6.45) is -1.39. The first-order valence-corrected chi connectivity index (χ1v) is 17.3. The van der Waals surface area contributed by atoms with E-state index in [0.29, 0.717) is 12.0 Å². The van der Waals surface area contributed by atoms with E-state index in [-0.39, 0.29) is 38.0 Å². The second kappa shape index (κ2) is 18.4. The summed E-state index contributed by atoms with van der Waals surface area (Å²) in [5.41, 5.74) is 11.0. The number of hydrogen-bond donors (Lipinski definition) is 9. The van der Waals surface area contributed by atoms with Crippen LogP contribution < -0.4 is 37.3 Å². The number of nitrogens with zero attached hydrogens (tertiary/aromatic N) is 1. The number of primary amides is 2. The van der Waals surface area contributed by atoms with Gasteiger partial charge in [-0.3, -0.25) is 43.3 Å². The lowest BCUT2D eigenvalue weighted by Gasteiger charge is -2.32. The monoisotopic (exact) mass is 727 g/mol. The van der Waals surface area contributed by atoms with Crippen molar-refractivity contribution >= 4 is 49.2 Å². The highest BCUT2D eigenvalue weighted by atomic mass is 31.2. The number of rotatable bonds is 18. The summed E-state index contributed by atoms with van der Waals surface area (Å²) < 4.78 is 15.6. The lowest BCUT2D eigenvalue weighted by molar-refractivity contribution is -0.143. The summed E-state index contributed by atoms with van der Waals surface area (Å²) in [7, 11) is -4.79. The Morgan fingerprint density at radius 3 is 2.00 bits per heavy atom. The van der Waals surface area contributed by atoms with Crippen LogP contribution in [0.15, 0.2) is 24.3 Å². The molecule has 0 saturated carbocycles. The van der Waals surface area contributed by atoms with Crippen molar-refractivity contribution in [2.75, 3.05) is 6.54 Å². The third-order valence-electron chi connectivity index (χ3n) is 7.75. The maximum Gasteiger partial charge on any atom is 0.524 e. The fourth-order valence-corrected chi connectivity index (χ4v) is 5.67. The summed E-state index contributed by atoms with van der Waals surface area (Å²) in [5, 5.41) is 19.8. The molecule has 1 unspecified atom stereocenters. The van der Waals surface area contributed by atoms with Gasteiger partial charge in [0.15, 0.2) is 0 Å². The van der Waals surface area contributed by atoms with Gasteiger partial charge in [-0.05, 0) is 49.8 Å². The molecule has 1 saturated heterocycles. The zero-order valence-electron chi connectivity index (χ0n) is 28.2. The average molecular weight is 728 g/mol. The van der Waals surface area contributed by atoms with E-state index in [1.807, 2.05) is 0 Å². The Bertz CT molecular complexity index is 1470. The van der Waals surface area contributed by atoms with Crippen molar-refractivity contribution in [3.63, 3.8) is 0 Å². The van der Waals surface area contributed by atoms with Crippen LogP contribution in [0.3, 0.4) is 0 Å². The second-order valence-electron chi connectivity index (χ2n) is 12.3. The Morgan fingerprint density at radius 2 is 1.50 bits per heavy atom. The Kier molecular flexibility index (Phi) is 15.3. The number of amides is 7. The van der Waals surface area contributed by atoms with Crippen molar-refractivity contribution < 1.29 is 57.5 Å². The van der Waals surface area contributed by atoms with Gasteiger partial charge in [-0.2, -0.15) is 0 Å². The molecule has 1 aliphatic rings. The molecule has 19 nitrogen and oxygen atoms in total. The van der Waals surface area contributed by atoms with Crippen LogP contribution in [-0.4, -0.2) is 104 Å². The van der Waals surface area contributed by atoms with Crippen molar-refractivity contribution in [2.45, 2.75) is 96.1 Å². The van der Waals surface area contributed by atoms with E-state index in [0.717, 1.165) is 0 Å². The maximum absolute atomic E-state index is 13.9. The van der Waals surface area contributed by atoms with E-state index < -0.39 is 91.4 Å². The van der Waals surface area contributed by atoms with Gasteiger partial charge in [-0.25, -0.2) is 4.57 Å². The minimum atomic E-state index is -4.79. The van der Waals surface area contributed by atoms with Gasteiger partial charge in [0, 0.05) is 26.3 Å². The third-order valence-corrected chi connectivity index (χ3v) is 8.20. The summed E-state index contributed by atoms with van der Waals surface area (Å²) in [6, 6.07) is -0.813. The molecule has 1 fully saturated rings. The molecule has 1 aromatic carbocycles. The van der Waals surface area contributed by atoms with Crippen molar-refractivity contribution in [3.8, 4) is 5.75 Å². The molecule has 0 radical (unpaired) electrons. The molecule has 0 bridgehead atoms. The second-order valence-corrected chi connectivity index (χ2v) is 13.5. The Hall–Kier alpha value is -4.58.